The number of H-pyrrole nitrogens is 2. The van der Waals surface area contributed by atoms with E-state index in [4.69, 9.17) is 4.74 Å². The van der Waals surface area contributed by atoms with Crippen LogP contribution in [0.25, 0.3) is 0 Å². The Balaban J connectivity index is 1.69. The van der Waals surface area contributed by atoms with Crippen LogP contribution in [0.15, 0.2) is 18.3 Å². The largest absolute Gasteiger partial charge is 0.366 e. The molecule has 0 aromatic carbocycles. The maximum absolute atomic E-state index is 12.3. The first-order valence-electron chi connectivity index (χ1n) is 7.23. The van der Waals surface area contributed by atoms with E-state index in [0.717, 1.165) is 18.7 Å². The minimum atomic E-state index is -0.264. The minimum absolute atomic E-state index is 0.0161. The third kappa shape index (κ3) is 2.97. The molecule has 2 N–H and O–H groups in total. The number of carbonyl (C=O) groups is 1. The van der Waals surface area contributed by atoms with Gasteiger partial charge in [0.15, 0.2) is 5.82 Å². The van der Waals surface area contributed by atoms with Gasteiger partial charge in [-0.25, -0.2) is 4.98 Å². The average Bonchev–Trinajstić information content (AvgIpc) is 3.18. The van der Waals surface area contributed by atoms with Gasteiger partial charge in [0.05, 0.1) is 13.2 Å². The fraction of sp³-hybridized carbons (Fsp3) is 0.500. The molecule has 3 rings (SSSR count). The van der Waals surface area contributed by atoms with E-state index >= 15 is 0 Å². The maximum Gasteiger partial charge on any atom is 0.270 e. The van der Waals surface area contributed by atoms with Gasteiger partial charge in [-0.05, 0) is 18.6 Å². The van der Waals surface area contributed by atoms with Crippen LogP contribution in [0.5, 0.6) is 0 Å². The highest BCUT2D eigenvalue weighted by molar-refractivity contribution is 5.92. The van der Waals surface area contributed by atoms with E-state index in [2.05, 4.69) is 27.1 Å². The van der Waals surface area contributed by atoms with Crippen LogP contribution in [0.4, 0.5) is 0 Å². The van der Waals surface area contributed by atoms with Crippen molar-refractivity contribution < 1.29 is 9.53 Å². The van der Waals surface area contributed by atoms with Crippen LogP contribution >= 0.6 is 0 Å². The Morgan fingerprint density at radius 2 is 2.48 bits per heavy atom. The maximum atomic E-state index is 12.3. The molecule has 1 saturated heterocycles. The summed E-state index contributed by atoms with van der Waals surface area (Å²) in [6.07, 6.45) is 3.36. The highest BCUT2D eigenvalue weighted by Gasteiger charge is 2.28. The normalized spacial score (nSPS) is 18.9. The second-order valence-corrected chi connectivity index (χ2v) is 5.08. The number of nitrogens with zero attached hydrogens (tertiary/aromatic N) is 3. The third-order valence-electron chi connectivity index (χ3n) is 3.51. The molecule has 7 heteroatoms. The summed E-state index contributed by atoms with van der Waals surface area (Å²) in [5, 5.41) is 7.13. The first-order valence-corrected chi connectivity index (χ1v) is 7.23. The zero-order chi connectivity index (χ0) is 14.7. The Hall–Kier alpha value is -2.15. The number of hydrogen-bond acceptors (Lipinski definition) is 4. The Bertz CT molecular complexity index is 592. The number of aromatic amines is 2. The lowest BCUT2D eigenvalue weighted by Gasteiger charge is -2.31. The minimum Gasteiger partial charge on any atom is -0.366 e. The van der Waals surface area contributed by atoms with Crippen LogP contribution in [-0.2, 0) is 11.2 Å². The van der Waals surface area contributed by atoms with Crippen molar-refractivity contribution in [2.75, 3.05) is 19.7 Å². The van der Waals surface area contributed by atoms with Gasteiger partial charge in [0.2, 0.25) is 0 Å². The van der Waals surface area contributed by atoms with Gasteiger partial charge in [-0.15, -0.1) is 0 Å². The zero-order valence-corrected chi connectivity index (χ0v) is 12.0. The van der Waals surface area contributed by atoms with Crippen molar-refractivity contribution in [2.24, 2.45) is 0 Å². The van der Waals surface area contributed by atoms with Gasteiger partial charge in [0.1, 0.15) is 17.6 Å². The van der Waals surface area contributed by atoms with Crippen molar-refractivity contribution in [1.29, 1.82) is 0 Å². The number of aryl methyl sites for hydroxylation is 1. The van der Waals surface area contributed by atoms with Crippen molar-refractivity contribution >= 4 is 5.91 Å². The quantitative estimate of drug-likeness (QED) is 0.888. The number of hydrogen-bond donors (Lipinski definition) is 2. The Morgan fingerprint density at radius 3 is 3.24 bits per heavy atom. The summed E-state index contributed by atoms with van der Waals surface area (Å²) in [5.41, 5.74) is 0.595. The average molecular weight is 289 g/mol. The van der Waals surface area contributed by atoms with Crippen LogP contribution in [0.1, 0.15) is 41.6 Å². The molecule has 0 bridgehead atoms. The fourth-order valence-electron chi connectivity index (χ4n) is 2.43. The molecule has 1 aliphatic rings. The molecule has 1 atom stereocenters. The predicted molar refractivity (Wildman–Crippen MR) is 75.8 cm³/mol. The predicted octanol–water partition coefficient (Wildman–Crippen LogP) is 1.30. The number of morpholine rings is 1. The van der Waals surface area contributed by atoms with E-state index in [0.29, 0.717) is 31.2 Å². The van der Waals surface area contributed by atoms with Gasteiger partial charge in [-0.2, -0.15) is 5.10 Å². The molecule has 3 heterocycles. The van der Waals surface area contributed by atoms with Crippen LogP contribution in [0.2, 0.25) is 0 Å². The van der Waals surface area contributed by atoms with Crippen molar-refractivity contribution in [3.05, 3.63) is 35.7 Å². The number of ether oxygens (including phenoxy) is 1. The second-order valence-electron chi connectivity index (χ2n) is 5.08. The molecule has 0 radical (unpaired) electrons. The van der Waals surface area contributed by atoms with Crippen molar-refractivity contribution in [2.45, 2.75) is 25.9 Å². The lowest BCUT2D eigenvalue weighted by Crippen LogP contribution is -2.42. The van der Waals surface area contributed by atoms with Crippen LogP contribution in [0.3, 0.4) is 0 Å². The smallest absolute Gasteiger partial charge is 0.270 e. The first-order chi connectivity index (χ1) is 10.3. The van der Waals surface area contributed by atoms with Gasteiger partial charge in [-0.1, -0.05) is 6.92 Å². The number of amides is 1. The number of nitrogens with one attached hydrogen (secondary N) is 2. The summed E-state index contributed by atoms with van der Waals surface area (Å²) in [7, 11) is 0. The topological polar surface area (TPSA) is 86.9 Å². The standard InChI is InChI=1S/C14H19N5O2/c1-2-4-12-16-13(18-17-12)11-9-19(7-8-21-11)14(20)10-5-3-6-15-10/h3,5-6,11,15H,2,4,7-9H2,1H3,(H,16,17,18)/t11-/m0/s1. The van der Waals surface area contributed by atoms with Crippen molar-refractivity contribution in [3.8, 4) is 0 Å². The highest BCUT2D eigenvalue weighted by atomic mass is 16.5. The highest BCUT2D eigenvalue weighted by Crippen LogP contribution is 2.20. The van der Waals surface area contributed by atoms with Crippen LogP contribution in [0, 0.1) is 0 Å². The van der Waals surface area contributed by atoms with E-state index < -0.39 is 0 Å². The number of aromatic nitrogens is 4. The lowest BCUT2D eigenvalue weighted by molar-refractivity contribution is -0.0268. The lowest BCUT2D eigenvalue weighted by atomic mass is 10.2. The Labute approximate surface area is 122 Å². The first kappa shape index (κ1) is 13.8. The van der Waals surface area contributed by atoms with E-state index in [1.807, 2.05) is 6.07 Å². The Morgan fingerprint density at radius 1 is 1.57 bits per heavy atom. The summed E-state index contributed by atoms with van der Waals surface area (Å²) in [6.45, 7) is 3.65. The SMILES string of the molecule is CCCc1nc([C@@H]2CN(C(=O)c3ccc[nH]3)CCO2)n[nH]1. The molecule has 1 amide bonds. The van der Waals surface area contributed by atoms with E-state index in [1.165, 1.54) is 0 Å². The summed E-state index contributed by atoms with van der Waals surface area (Å²) in [4.78, 5) is 21.5. The zero-order valence-electron chi connectivity index (χ0n) is 12.0. The molecule has 2 aromatic rings. The van der Waals surface area contributed by atoms with Crippen LogP contribution < -0.4 is 0 Å². The molecule has 0 spiro atoms. The van der Waals surface area contributed by atoms with Gasteiger partial charge in [-0.3, -0.25) is 9.89 Å². The third-order valence-corrected chi connectivity index (χ3v) is 3.51. The summed E-state index contributed by atoms with van der Waals surface area (Å²) in [5.74, 6) is 1.48. The molecule has 7 nitrogen and oxygen atoms in total. The van der Waals surface area contributed by atoms with Crippen molar-refractivity contribution in [1.82, 2.24) is 25.1 Å². The summed E-state index contributed by atoms with van der Waals surface area (Å²) < 4.78 is 5.70. The van der Waals surface area contributed by atoms with E-state index in [-0.39, 0.29) is 12.0 Å². The molecule has 2 aromatic heterocycles. The summed E-state index contributed by atoms with van der Waals surface area (Å²) >= 11 is 0. The van der Waals surface area contributed by atoms with Gasteiger partial charge in [0.25, 0.3) is 5.91 Å². The fourth-order valence-corrected chi connectivity index (χ4v) is 2.43. The molecular weight excluding hydrogens is 270 g/mol. The molecule has 0 saturated carbocycles. The van der Waals surface area contributed by atoms with Gasteiger partial charge >= 0.3 is 0 Å². The molecule has 1 aliphatic heterocycles. The van der Waals surface area contributed by atoms with Gasteiger partial charge < -0.3 is 14.6 Å². The molecule has 112 valence electrons. The van der Waals surface area contributed by atoms with Crippen LogP contribution in [-0.4, -0.2) is 50.7 Å². The molecule has 0 unspecified atom stereocenters. The second kappa shape index (κ2) is 6.09. The summed E-state index contributed by atoms with van der Waals surface area (Å²) in [6, 6.07) is 3.59. The monoisotopic (exact) mass is 289 g/mol. The van der Waals surface area contributed by atoms with Gasteiger partial charge in [0, 0.05) is 19.2 Å². The Kier molecular flexibility index (Phi) is 4.01. The van der Waals surface area contributed by atoms with E-state index in [9.17, 15) is 4.79 Å². The number of carbonyl (C=O) groups excluding carboxylic acids is 1. The molecule has 1 fully saturated rings. The number of rotatable bonds is 4. The van der Waals surface area contributed by atoms with Crippen molar-refractivity contribution in [3.63, 3.8) is 0 Å². The van der Waals surface area contributed by atoms with E-state index in [1.54, 1.807) is 17.2 Å². The molecule has 0 aliphatic carbocycles. The molecular formula is C14H19N5O2. The molecule has 21 heavy (non-hydrogen) atoms.